The fourth-order valence-corrected chi connectivity index (χ4v) is 3.78. The fourth-order valence-electron chi connectivity index (χ4n) is 2.55. The Morgan fingerprint density at radius 1 is 1.20 bits per heavy atom. The van der Waals surface area contributed by atoms with E-state index in [2.05, 4.69) is 9.62 Å². The molecule has 1 aliphatic rings. The summed E-state index contributed by atoms with van der Waals surface area (Å²) in [6.07, 6.45) is 3.69. The lowest BCUT2D eigenvalue weighted by Gasteiger charge is -2.29. The van der Waals surface area contributed by atoms with Gasteiger partial charge in [0.2, 0.25) is 10.0 Å². The van der Waals surface area contributed by atoms with Gasteiger partial charge in [-0.15, -0.1) is 0 Å². The summed E-state index contributed by atoms with van der Waals surface area (Å²) < 4.78 is 27.2. The molecule has 112 valence electrons. The van der Waals surface area contributed by atoms with Crippen LogP contribution in [0.25, 0.3) is 0 Å². The van der Waals surface area contributed by atoms with Crippen LogP contribution in [0.1, 0.15) is 26.2 Å². The lowest BCUT2D eigenvalue weighted by atomic mass is 10.1. The molecule has 20 heavy (non-hydrogen) atoms. The van der Waals surface area contributed by atoms with Crippen LogP contribution >= 0.6 is 0 Å². The third-order valence-electron chi connectivity index (χ3n) is 3.53. The molecule has 0 aliphatic carbocycles. The quantitative estimate of drug-likeness (QED) is 0.806. The van der Waals surface area contributed by atoms with E-state index < -0.39 is 10.0 Å². The van der Waals surface area contributed by atoms with E-state index >= 15 is 0 Å². The van der Waals surface area contributed by atoms with Crippen molar-refractivity contribution in [1.82, 2.24) is 9.62 Å². The van der Waals surface area contributed by atoms with Gasteiger partial charge in [-0.3, -0.25) is 0 Å². The van der Waals surface area contributed by atoms with Crippen molar-refractivity contribution in [3.63, 3.8) is 0 Å². The minimum Gasteiger partial charge on any atom is -0.399 e. The van der Waals surface area contributed by atoms with Crippen molar-refractivity contribution in [1.29, 1.82) is 0 Å². The van der Waals surface area contributed by atoms with E-state index in [0.717, 1.165) is 19.6 Å². The smallest absolute Gasteiger partial charge is 0.240 e. The van der Waals surface area contributed by atoms with Gasteiger partial charge >= 0.3 is 0 Å². The maximum absolute atomic E-state index is 12.2. The first kappa shape index (κ1) is 15.3. The normalized spacial score (nSPS) is 18.9. The summed E-state index contributed by atoms with van der Waals surface area (Å²) in [5, 5.41) is 0. The minimum atomic E-state index is -3.46. The SMILES string of the molecule is CC(CN1CCCCC1)NS(=O)(=O)c1ccc(N)cc1. The number of benzene rings is 1. The summed E-state index contributed by atoms with van der Waals surface area (Å²) in [4.78, 5) is 2.58. The van der Waals surface area contributed by atoms with Crippen molar-refractivity contribution in [3.8, 4) is 0 Å². The molecule has 1 aliphatic heterocycles. The van der Waals surface area contributed by atoms with Crippen LogP contribution in [0.5, 0.6) is 0 Å². The monoisotopic (exact) mass is 297 g/mol. The van der Waals surface area contributed by atoms with Gasteiger partial charge in [0.05, 0.1) is 4.90 Å². The molecular formula is C14H23N3O2S. The number of likely N-dealkylation sites (tertiary alicyclic amines) is 1. The molecule has 6 heteroatoms. The predicted octanol–water partition coefficient (Wildman–Crippen LogP) is 1.42. The number of rotatable bonds is 5. The molecule has 0 bridgehead atoms. The average molecular weight is 297 g/mol. The van der Waals surface area contributed by atoms with Gasteiger partial charge in [0.25, 0.3) is 0 Å². The molecule has 1 aromatic carbocycles. The second-order valence-corrected chi connectivity index (χ2v) is 7.17. The summed E-state index contributed by atoms with van der Waals surface area (Å²) >= 11 is 0. The Kier molecular flexibility index (Phi) is 5.01. The Morgan fingerprint density at radius 2 is 1.80 bits per heavy atom. The molecule has 3 N–H and O–H groups in total. The van der Waals surface area contributed by atoms with Crippen LogP contribution in [0.15, 0.2) is 29.2 Å². The van der Waals surface area contributed by atoms with E-state index in [1.165, 1.54) is 31.4 Å². The van der Waals surface area contributed by atoms with E-state index in [1.807, 2.05) is 6.92 Å². The first-order chi connectivity index (χ1) is 9.47. The highest BCUT2D eigenvalue weighted by Gasteiger charge is 2.19. The van der Waals surface area contributed by atoms with Crippen molar-refractivity contribution < 1.29 is 8.42 Å². The standard InChI is InChI=1S/C14H23N3O2S/c1-12(11-17-9-3-2-4-10-17)16-20(18,19)14-7-5-13(15)6-8-14/h5-8,12,16H,2-4,9-11,15H2,1H3. The summed E-state index contributed by atoms with van der Waals surface area (Å²) in [5.41, 5.74) is 6.13. The highest BCUT2D eigenvalue weighted by molar-refractivity contribution is 7.89. The van der Waals surface area contributed by atoms with Gasteiger partial charge in [0.15, 0.2) is 0 Å². The molecule has 0 saturated carbocycles. The van der Waals surface area contributed by atoms with Crippen molar-refractivity contribution >= 4 is 15.7 Å². The molecule has 0 radical (unpaired) electrons. The number of nitrogen functional groups attached to an aromatic ring is 1. The van der Waals surface area contributed by atoms with Gasteiger partial charge in [-0.1, -0.05) is 6.42 Å². The van der Waals surface area contributed by atoms with Gasteiger partial charge in [-0.05, 0) is 57.1 Å². The Bertz CT molecular complexity index is 522. The Labute approximate surface area is 121 Å². The molecule has 0 spiro atoms. The molecule has 0 aromatic heterocycles. The predicted molar refractivity (Wildman–Crippen MR) is 80.9 cm³/mol. The van der Waals surface area contributed by atoms with Crippen LogP contribution in [0.2, 0.25) is 0 Å². The zero-order valence-electron chi connectivity index (χ0n) is 11.9. The first-order valence-electron chi connectivity index (χ1n) is 7.07. The van der Waals surface area contributed by atoms with Crippen molar-refractivity contribution in [2.24, 2.45) is 0 Å². The molecule has 2 rings (SSSR count). The van der Waals surface area contributed by atoms with Crippen LogP contribution in [0.4, 0.5) is 5.69 Å². The lowest BCUT2D eigenvalue weighted by Crippen LogP contribution is -2.43. The minimum absolute atomic E-state index is 0.101. The van der Waals surface area contributed by atoms with Crippen LogP contribution in [0, 0.1) is 0 Å². The molecule has 1 heterocycles. The van der Waals surface area contributed by atoms with Gasteiger partial charge in [-0.25, -0.2) is 13.1 Å². The van der Waals surface area contributed by atoms with Crippen LogP contribution in [0.3, 0.4) is 0 Å². The summed E-state index contributed by atoms with van der Waals surface area (Å²) in [7, 11) is -3.46. The molecule has 1 unspecified atom stereocenters. The van der Waals surface area contributed by atoms with Crippen molar-refractivity contribution in [3.05, 3.63) is 24.3 Å². The van der Waals surface area contributed by atoms with E-state index in [-0.39, 0.29) is 10.9 Å². The molecule has 1 atom stereocenters. The number of piperidine rings is 1. The van der Waals surface area contributed by atoms with E-state index in [9.17, 15) is 8.42 Å². The highest BCUT2D eigenvalue weighted by Crippen LogP contribution is 2.13. The maximum atomic E-state index is 12.2. The van der Waals surface area contributed by atoms with Crippen molar-refractivity contribution in [2.75, 3.05) is 25.4 Å². The summed E-state index contributed by atoms with van der Waals surface area (Å²) in [5.74, 6) is 0. The molecule has 1 fully saturated rings. The Hall–Kier alpha value is -1.11. The zero-order chi connectivity index (χ0) is 14.6. The van der Waals surface area contributed by atoms with Crippen molar-refractivity contribution in [2.45, 2.75) is 37.1 Å². The molecule has 1 aromatic rings. The number of nitrogens with zero attached hydrogens (tertiary/aromatic N) is 1. The van der Waals surface area contributed by atoms with Gasteiger partial charge < -0.3 is 10.6 Å². The van der Waals surface area contributed by atoms with Crippen LogP contribution in [-0.4, -0.2) is 39.0 Å². The second kappa shape index (κ2) is 6.56. The van der Waals surface area contributed by atoms with Gasteiger partial charge in [0, 0.05) is 18.3 Å². The number of nitrogens with one attached hydrogen (secondary N) is 1. The maximum Gasteiger partial charge on any atom is 0.240 e. The van der Waals surface area contributed by atoms with Gasteiger partial charge in [-0.2, -0.15) is 0 Å². The lowest BCUT2D eigenvalue weighted by molar-refractivity contribution is 0.215. The zero-order valence-corrected chi connectivity index (χ0v) is 12.7. The molecule has 1 saturated heterocycles. The molecular weight excluding hydrogens is 274 g/mol. The van der Waals surface area contributed by atoms with E-state index in [4.69, 9.17) is 5.73 Å². The van der Waals surface area contributed by atoms with Crippen LogP contribution in [-0.2, 0) is 10.0 Å². The third kappa shape index (κ3) is 4.19. The Balaban J connectivity index is 1.95. The average Bonchev–Trinajstić information content (AvgIpc) is 2.39. The second-order valence-electron chi connectivity index (χ2n) is 5.45. The molecule has 0 amide bonds. The van der Waals surface area contributed by atoms with E-state index in [0.29, 0.717) is 5.69 Å². The van der Waals surface area contributed by atoms with Crippen LogP contribution < -0.4 is 10.5 Å². The summed E-state index contributed by atoms with van der Waals surface area (Å²) in [6, 6.07) is 6.17. The Morgan fingerprint density at radius 3 is 2.40 bits per heavy atom. The molecule has 5 nitrogen and oxygen atoms in total. The highest BCUT2D eigenvalue weighted by atomic mass is 32.2. The fraction of sp³-hybridized carbons (Fsp3) is 0.571. The number of sulfonamides is 1. The topological polar surface area (TPSA) is 75.4 Å². The number of anilines is 1. The largest absolute Gasteiger partial charge is 0.399 e. The van der Waals surface area contributed by atoms with E-state index in [1.54, 1.807) is 12.1 Å². The number of hydrogen-bond acceptors (Lipinski definition) is 4. The third-order valence-corrected chi connectivity index (χ3v) is 5.13. The number of nitrogens with two attached hydrogens (primary N) is 1. The summed E-state index contributed by atoms with van der Waals surface area (Å²) in [6.45, 7) is 4.79. The number of hydrogen-bond donors (Lipinski definition) is 2. The van der Waals surface area contributed by atoms with Gasteiger partial charge in [0.1, 0.15) is 0 Å². The first-order valence-corrected chi connectivity index (χ1v) is 8.56.